The van der Waals surface area contributed by atoms with E-state index in [1.165, 1.54) is 0 Å². The van der Waals surface area contributed by atoms with Crippen LogP contribution in [0, 0.1) is 0 Å². The maximum absolute atomic E-state index is 6.34. The van der Waals surface area contributed by atoms with Gasteiger partial charge in [-0.2, -0.15) is 0 Å². The molecule has 1 aliphatic rings. The van der Waals surface area contributed by atoms with Gasteiger partial charge in [0.2, 0.25) is 0 Å². The summed E-state index contributed by atoms with van der Waals surface area (Å²) < 4.78 is 0. The molecular formula is C15H23Cl2N3. The van der Waals surface area contributed by atoms with Gasteiger partial charge in [0.25, 0.3) is 0 Å². The van der Waals surface area contributed by atoms with Crippen LogP contribution in [0.25, 0.3) is 0 Å². The van der Waals surface area contributed by atoms with Gasteiger partial charge in [0, 0.05) is 44.8 Å². The molecule has 1 aliphatic heterocycles. The molecule has 0 amide bonds. The molecule has 0 saturated carbocycles. The van der Waals surface area contributed by atoms with Crippen LogP contribution in [0.4, 0.5) is 0 Å². The minimum absolute atomic E-state index is 0.149. The van der Waals surface area contributed by atoms with Crippen LogP contribution in [0.15, 0.2) is 18.2 Å². The fourth-order valence-corrected chi connectivity index (χ4v) is 3.25. The molecule has 1 aromatic carbocycles. The third-order valence-corrected chi connectivity index (χ3v) is 4.92. The van der Waals surface area contributed by atoms with Crippen molar-refractivity contribution in [3.63, 3.8) is 0 Å². The van der Waals surface area contributed by atoms with Crippen LogP contribution in [0.1, 0.15) is 25.5 Å². The maximum atomic E-state index is 6.34. The van der Waals surface area contributed by atoms with Gasteiger partial charge in [-0.05, 0) is 25.5 Å². The Morgan fingerprint density at radius 1 is 1.10 bits per heavy atom. The smallest absolute Gasteiger partial charge is 0.0640 e. The molecule has 1 fully saturated rings. The van der Waals surface area contributed by atoms with Crippen LogP contribution < -0.4 is 5.73 Å². The summed E-state index contributed by atoms with van der Waals surface area (Å²) in [4.78, 5) is 4.90. The largest absolute Gasteiger partial charge is 0.329 e. The molecule has 2 rings (SSSR count). The van der Waals surface area contributed by atoms with Gasteiger partial charge >= 0.3 is 0 Å². The molecule has 2 N–H and O–H groups in total. The summed E-state index contributed by atoms with van der Waals surface area (Å²) in [5.74, 6) is 0. The minimum Gasteiger partial charge on any atom is -0.329 e. The standard InChI is InChI=1S/C15H23Cl2N3/c1-11(2)19-6-8-20(9-7-19)14(10-18)12-4-3-5-13(16)15(12)17/h3-5,11,14H,6-10,18H2,1-2H3. The van der Waals surface area contributed by atoms with Crippen molar-refractivity contribution in [1.29, 1.82) is 0 Å². The molecule has 5 heteroatoms. The molecule has 3 nitrogen and oxygen atoms in total. The van der Waals surface area contributed by atoms with Crippen LogP contribution in [0.5, 0.6) is 0 Å². The molecule has 0 bridgehead atoms. The first-order chi connectivity index (χ1) is 9.54. The summed E-state index contributed by atoms with van der Waals surface area (Å²) in [5, 5.41) is 1.24. The van der Waals surface area contributed by atoms with Crippen molar-refractivity contribution in [1.82, 2.24) is 9.80 Å². The average molecular weight is 316 g/mol. The van der Waals surface area contributed by atoms with Gasteiger partial charge in [0.05, 0.1) is 10.0 Å². The molecule has 0 aromatic heterocycles. The molecule has 112 valence electrons. The SMILES string of the molecule is CC(C)N1CCN(C(CN)c2cccc(Cl)c2Cl)CC1. The number of rotatable bonds is 4. The van der Waals surface area contributed by atoms with Crippen molar-refractivity contribution in [3.05, 3.63) is 33.8 Å². The zero-order chi connectivity index (χ0) is 14.7. The van der Waals surface area contributed by atoms with Crippen molar-refractivity contribution in [2.24, 2.45) is 5.73 Å². The van der Waals surface area contributed by atoms with Gasteiger partial charge in [0.1, 0.15) is 0 Å². The molecule has 1 unspecified atom stereocenters. The van der Waals surface area contributed by atoms with Gasteiger partial charge in [-0.25, -0.2) is 0 Å². The molecule has 0 radical (unpaired) electrons. The van der Waals surface area contributed by atoms with E-state index in [2.05, 4.69) is 23.6 Å². The lowest BCUT2D eigenvalue weighted by Gasteiger charge is -2.40. The predicted molar refractivity (Wildman–Crippen MR) is 86.5 cm³/mol. The highest BCUT2D eigenvalue weighted by Crippen LogP contribution is 2.32. The van der Waals surface area contributed by atoms with Crippen LogP contribution in [-0.4, -0.2) is 48.6 Å². The van der Waals surface area contributed by atoms with E-state index < -0.39 is 0 Å². The monoisotopic (exact) mass is 315 g/mol. The van der Waals surface area contributed by atoms with E-state index in [4.69, 9.17) is 28.9 Å². The van der Waals surface area contributed by atoms with Crippen molar-refractivity contribution in [2.45, 2.75) is 25.9 Å². The quantitative estimate of drug-likeness (QED) is 0.927. The number of halogens is 2. The third-order valence-electron chi connectivity index (χ3n) is 4.08. The Labute approximate surface area is 131 Å². The van der Waals surface area contributed by atoms with Crippen molar-refractivity contribution < 1.29 is 0 Å². The Hall–Kier alpha value is -0.320. The highest BCUT2D eigenvalue weighted by molar-refractivity contribution is 6.42. The van der Waals surface area contributed by atoms with E-state index in [0.717, 1.165) is 31.7 Å². The zero-order valence-corrected chi connectivity index (χ0v) is 13.7. The summed E-state index contributed by atoms with van der Waals surface area (Å²) in [6.07, 6.45) is 0. The number of benzene rings is 1. The summed E-state index contributed by atoms with van der Waals surface area (Å²) in [7, 11) is 0. The molecule has 0 spiro atoms. The van der Waals surface area contributed by atoms with E-state index >= 15 is 0 Å². The number of nitrogens with zero attached hydrogens (tertiary/aromatic N) is 2. The van der Waals surface area contributed by atoms with Gasteiger partial charge in [-0.15, -0.1) is 0 Å². The summed E-state index contributed by atoms with van der Waals surface area (Å²) >= 11 is 12.5. The van der Waals surface area contributed by atoms with Gasteiger partial charge in [0.15, 0.2) is 0 Å². The first-order valence-corrected chi connectivity index (χ1v) is 7.92. The number of nitrogens with two attached hydrogens (primary N) is 1. The topological polar surface area (TPSA) is 32.5 Å². The number of hydrogen-bond acceptors (Lipinski definition) is 3. The second-order valence-corrected chi connectivity index (χ2v) is 6.35. The lowest BCUT2D eigenvalue weighted by Crippen LogP contribution is -2.50. The van der Waals surface area contributed by atoms with Gasteiger partial charge < -0.3 is 5.73 Å². The Balaban J connectivity index is 2.12. The third kappa shape index (κ3) is 3.46. The van der Waals surface area contributed by atoms with E-state index in [-0.39, 0.29) is 6.04 Å². The Morgan fingerprint density at radius 2 is 1.70 bits per heavy atom. The normalized spacial score (nSPS) is 19.5. The number of piperazine rings is 1. The molecule has 0 aliphatic carbocycles. The van der Waals surface area contributed by atoms with Crippen LogP contribution in [0.3, 0.4) is 0 Å². The number of hydrogen-bond donors (Lipinski definition) is 1. The molecule has 1 atom stereocenters. The highest BCUT2D eigenvalue weighted by atomic mass is 35.5. The van der Waals surface area contributed by atoms with Crippen molar-refractivity contribution >= 4 is 23.2 Å². The second kappa shape index (κ2) is 7.10. The Kier molecular flexibility index (Phi) is 5.70. The maximum Gasteiger partial charge on any atom is 0.0640 e. The van der Waals surface area contributed by atoms with Gasteiger partial charge in [-0.1, -0.05) is 35.3 Å². The fourth-order valence-electron chi connectivity index (χ4n) is 2.82. The Morgan fingerprint density at radius 3 is 2.25 bits per heavy atom. The van der Waals surface area contributed by atoms with Crippen molar-refractivity contribution in [2.75, 3.05) is 32.7 Å². The molecule has 1 aromatic rings. The zero-order valence-electron chi connectivity index (χ0n) is 12.1. The van der Waals surface area contributed by atoms with E-state index in [0.29, 0.717) is 22.6 Å². The van der Waals surface area contributed by atoms with E-state index in [9.17, 15) is 0 Å². The lowest BCUT2D eigenvalue weighted by molar-refractivity contribution is 0.0803. The van der Waals surface area contributed by atoms with Crippen LogP contribution in [-0.2, 0) is 0 Å². The first kappa shape index (κ1) is 16.1. The first-order valence-electron chi connectivity index (χ1n) is 7.16. The summed E-state index contributed by atoms with van der Waals surface area (Å²) in [5.41, 5.74) is 7.03. The van der Waals surface area contributed by atoms with Crippen LogP contribution in [0.2, 0.25) is 10.0 Å². The predicted octanol–water partition coefficient (Wildman–Crippen LogP) is 3.02. The highest BCUT2D eigenvalue weighted by Gasteiger charge is 2.26. The van der Waals surface area contributed by atoms with E-state index in [1.807, 2.05) is 18.2 Å². The fraction of sp³-hybridized carbons (Fsp3) is 0.600. The molecule has 1 heterocycles. The molecule has 20 heavy (non-hydrogen) atoms. The van der Waals surface area contributed by atoms with Crippen LogP contribution >= 0.6 is 23.2 Å². The second-order valence-electron chi connectivity index (χ2n) is 5.56. The Bertz CT molecular complexity index is 443. The average Bonchev–Trinajstić information content (AvgIpc) is 2.45. The van der Waals surface area contributed by atoms with Crippen molar-refractivity contribution in [3.8, 4) is 0 Å². The molecular weight excluding hydrogens is 293 g/mol. The summed E-state index contributed by atoms with van der Waals surface area (Å²) in [6.45, 7) is 9.22. The molecule has 1 saturated heterocycles. The lowest BCUT2D eigenvalue weighted by atomic mass is 10.0. The van der Waals surface area contributed by atoms with E-state index in [1.54, 1.807) is 0 Å². The summed E-state index contributed by atoms with van der Waals surface area (Å²) in [6, 6.07) is 6.54. The van der Waals surface area contributed by atoms with Gasteiger partial charge in [-0.3, -0.25) is 9.80 Å². The minimum atomic E-state index is 0.149.